The second-order valence-corrected chi connectivity index (χ2v) is 13.5. The van der Waals surface area contributed by atoms with Gasteiger partial charge in [0.25, 0.3) is 0 Å². The zero-order valence-electron chi connectivity index (χ0n) is 25.1. The van der Waals surface area contributed by atoms with Gasteiger partial charge >= 0.3 is 11.9 Å². The molecular formula is C38H35NO4S2. The van der Waals surface area contributed by atoms with Crippen LogP contribution in [0.15, 0.2) is 135 Å². The number of carbonyl (C=O) groups is 2. The Kier molecular flexibility index (Phi) is 9.47. The molecule has 0 saturated carbocycles. The third kappa shape index (κ3) is 7.05. The summed E-state index contributed by atoms with van der Waals surface area (Å²) in [6, 6.07) is 26.9. The van der Waals surface area contributed by atoms with Crippen molar-refractivity contribution in [2.45, 2.75) is 42.8 Å². The Hall–Kier alpha value is -4.20. The van der Waals surface area contributed by atoms with E-state index in [-0.39, 0.29) is 24.0 Å². The van der Waals surface area contributed by atoms with E-state index in [0.29, 0.717) is 13.0 Å². The second-order valence-electron chi connectivity index (χ2n) is 11.2. The lowest BCUT2D eigenvalue weighted by atomic mass is 9.85. The first-order valence-corrected chi connectivity index (χ1v) is 16.9. The average molecular weight is 634 g/mol. The fraction of sp³-hybridized carbons (Fsp3) is 0.211. The van der Waals surface area contributed by atoms with E-state index in [4.69, 9.17) is 0 Å². The van der Waals surface area contributed by atoms with Crippen LogP contribution >= 0.6 is 23.5 Å². The molecule has 0 spiro atoms. The van der Waals surface area contributed by atoms with E-state index in [1.807, 2.05) is 36.4 Å². The fourth-order valence-electron chi connectivity index (χ4n) is 5.97. The first-order valence-electron chi connectivity index (χ1n) is 15.3. The van der Waals surface area contributed by atoms with Crippen LogP contribution in [0.5, 0.6) is 0 Å². The van der Waals surface area contributed by atoms with Gasteiger partial charge in [-0.1, -0.05) is 104 Å². The van der Waals surface area contributed by atoms with E-state index < -0.39 is 11.9 Å². The van der Waals surface area contributed by atoms with Crippen molar-refractivity contribution in [2.75, 3.05) is 11.4 Å². The number of nitrogens with zero attached hydrogens (tertiary/aromatic N) is 1. The first-order chi connectivity index (χ1) is 21.9. The summed E-state index contributed by atoms with van der Waals surface area (Å²) in [5.41, 5.74) is 7.86. The minimum atomic E-state index is -0.826. The summed E-state index contributed by atoms with van der Waals surface area (Å²) in [5, 5.41) is 20.3. The lowest BCUT2D eigenvalue weighted by Crippen LogP contribution is -2.21. The molecule has 6 rings (SSSR count). The molecule has 2 heterocycles. The number of thioether (sulfide) groups is 2. The summed E-state index contributed by atoms with van der Waals surface area (Å²) in [4.78, 5) is 27.7. The standard InChI is InChI=1S/C38H35NO4S2/c1-2-25(21-35-30(15-18-37(40)41)31-23-28(13-16-33(31)44-35)26-9-5-3-6-10-26)22-36-39(20-19-38(42)43)32-24-29(14-17-34(32)45-36)27-11-7-4-8-12-27/h3-14,16-17,21-24,31,33H,2,15,18-20H2,1H3,(H,40,41)(H,42,43)/b25-21+,36-22-. The van der Waals surface area contributed by atoms with Crippen molar-refractivity contribution in [2.24, 2.45) is 5.92 Å². The van der Waals surface area contributed by atoms with Crippen molar-refractivity contribution < 1.29 is 19.8 Å². The van der Waals surface area contributed by atoms with Gasteiger partial charge in [-0.15, -0.1) is 11.8 Å². The number of rotatable bonds is 11. The van der Waals surface area contributed by atoms with Gasteiger partial charge in [0.15, 0.2) is 0 Å². The van der Waals surface area contributed by atoms with Crippen molar-refractivity contribution in [1.29, 1.82) is 0 Å². The molecule has 0 radical (unpaired) electrons. The van der Waals surface area contributed by atoms with Gasteiger partial charge in [-0.05, 0) is 70.5 Å². The van der Waals surface area contributed by atoms with Crippen LogP contribution < -0.4 is 4.90 Å². The predicted octanol–water partition coefficient (Wildman–Crippen LogP) is 9.42. The number of aliphatic carboxylic acids is 2. The number of hydrogen-bond acceptors (Lipinski definition) is 5. The number of carboxylic acids is 2. The van der Waals surface area contributed by atoms with Gasteiger partial charge in [-0.3, -0.25) is 9.59 Å². The van der Waals surface area contributed by atoms with E-state index in [0.717, 1.165) is 54.8 Å². The third-order valence-corrected chi connectivity index (χ3v) is 10.8. The molecule has 3 aromatic carbocycles. The molecule has 3 aromatic rings. The minimum Gasteiger partial charge on any atom is -0.481 e. The van der Waals surface area contributed by atoms with E-state index in [1.165, 1.54) is 5.57 Å². The fourth-order valence-corrected chi connectivity index (χ4v) is 8.56. The number of allylic oxidation sites excluding steroid dienone is 7. The van der Waals surface area contributed by atoms with Crippen molar-refractivity contribution in [3.8, 4) is 11.1 Å². The Morgan fingerprint density at radius 1 is 0.889 bits per heavy atom. The van der Waals surface area contributed by atoms with Gasteiger partial charge in [0.2, 0.25) is 0 Å². The molecule has 2 unspecified atom stereocenters. The van der Waals surface area contributed by atoms with Gasteiger partial charge < -0.3 is 15.1 Å². The van der Waals surface area contributed by atoms with Gasteiger partial charge in [0.05, 0.1) is 17.1 Å². The van der Waals surface area contributed by atoms with E-state index in [9.17, 15) is 19.8 Å². The van der Waals surface area contributed by atoms with Gasteiger partial charge in [0.1, 0.15) is 0 Å². The lowest BCUT2D eigenvalue weighted by molar-refractivity contribution is -0.137. The Morgan fingerprint density at radius 3 is 2.29 bits per heavy atom. The van der Waals surface area contributed by atoms with E-state index in [1.54, 1.807) is 23.5 Å². The summed E-state index contributed by atoms with van der Waals surface area (Å²) in [6.45, 7) is 2.50. The minimum absolute atomic E-state index is 0.0319. The molecule has 2 N–H and O–H groups in total. The molecule has 45 heavy (non-hydrogen) atoms. The number of anilines is 1. The lowest BCUT2D eigenvalue weighted by Gasteiger charge is -2.21. The van der Waals surface area contributed by atoms with Crippen molar-refractivity contribution >= 4 is 46.7 Å². The summed E-state index contributed by atoms with van der Waals surface area (Å²) in [6.07, 6.45) is 12.6. The normalized spacial score (nSPS) is 19.9. The van der Waals surface area contributed by atoms with E-state index >= 15 is 0 Å². The largest absolute Gasteiger partial charge is 0.481 e. The molecule has 2 aliphatic heterocycles. The highest BCUT2D eigenvalue weighted by Crippen LogP contribution is 2.51. The van der Waals surface area contributed by atoms with Gasteiger partial charge in [-0.25, -0.2) is 0 Å². The number of benzene rings is 3. The maximum absolute atomic E-state index is 11.7. The van der Waals surface area contributed by atoms with Crippen LogP contribution in [-0.4, -0.2) is 33.9 Å². The smallest absolute Gasteiger partial charge is 0.305 e. The van der Waals surface area contributed by atoms with Crippen LogP contribution in [0.3, 0.4) is 0 Å². The highest BCUT2D eigenvalue weighted by Gasteiger charge is 2.34. The van der Waals surface area contributed by atoms with Gasteiger partial charge in [0, 0.05) is 33.9 Å². The molecule has 0 amide bonds. The van der Waals surface area contributed by atoms with Crippen LogP contribution in [0.4, 0.5) is 5.69 Å². The topological polar surface area (TPSA) is 77.8 Å². The molecule has 5 nitrogen and oxygen atoms in total. The number of hydrogen-bond donors (Lipinski definition) is 2. The Morgan fingerprint density at radius 2 is 1.60 bits per heavy atom. The average Bonchev–Trinajstić information content (AvgIpc) is 3.58. The number of fused-ring (bicyclic) bond motifs is 2. The number of carboxylic acid groups (broad SMARTS) is 2. The monoisotopic (exact) mass is 633 g/mol. The summed E-state index contributed by atoms with van der Waals surface area (Å²) >= 11 is 3.47. The summed E-state index contributed by atoms with van der Waals surface area (Å²) < 4.78 is 0. The molecule has 2 atom stereocenters. The molecule has 1 aliphatic carbocycles. The molecule has 0 fully saturated rings. The summed E-state index contributed by atoms with van der Waals surface area (Å²) in [5.74, 6) is -1.48. The maximum Gasteiger partial charge on any atom is 0.305 e. The highest BCUT2D eigenvalue weighted by molar-refractivity contribution is 8.04. The Bertz CT molecular complexity index is 1750. The maximum atomic E-state index is 11.7. The highest BCUT2D eigenvalue weighted by atomic mass is 32.2. The molecule has 3 aliphatic rings. The van der Waals surface area contributed by atoms with E-state index in [2.05, 4.69) is 84.7 Å². The van der Waals surface area contributed by atoms with Crippen LogP contribution in [0, 0.1) is 5.92 Å². The van der Waals surface area contributed by atoms with Crippen LogP contribution in [0.25, 0.3) is 16.7 Å². The quantitative estimate of drug-likeness (QED) is 0.218. The molecular weight excluding hydrogens is 599 g/mol. The molecule has 0 saturated heterocycles. The molecule has 7 heteroatoms. The van der Waals surface area contributed by atoms with Crippen LogP contribution in [0.1, 0.15) is 38.2 Å². The Labute approximate surface area is 272 Å². The summed E-state index contributed by atoms with van der Waals surface area (Å²) in [7, 11) is 0. The van der Waals surface area contributed by atoms with Crippen molar-refractivity contribution in [3.05, 3.63) is 136 Å². The zero-order chi connectivity index (χ0) is 31.3. The second kappa shape index (κ2) is 13.8. The van der Waals surface area contributed by atoms with Crippen molar-refractivity contribution in [1.82, 2.24) is 0 Å². The predicted molar refractivity (Wildman–Crippen MR) is 186 cm³/mol. The van der Waals surface area contributed by atoms with Crippen LogP contribution in [0.2, 0.25) is 0 Å². The first kappa shape index (κ1) is 30.8. The zero-order valence-corrected chi connectivity index (χ0v) is 26.7. The molecule has 228 valence electrons. The van der Waals surface area contributed by atoms with Gasteiger partial charge in [-0.2, -0.15) is 0 Å². The third-order valence-electron chi connectivity index (χ3n) is 8.30. The van der Waals surface area contributed by atoms with Crippen molar-refractivity contribution in [3.63, 3.8) is 0 Å². The molecule has 0 aromatic heterocycles. The Balaban J connectivity index is 1.35. The molecule has 0 bridgehead atoms. The SMILES string of the molecule is CCC(/C=C1\Sc2ccc(-c3ccccc3)cc2N1CCC(=O)O)=C\C1=C(CCC(=O)O)C2C=C(c3ccccc3)C=CC2S1. The van der Waals surface area contributed by atoms with Crippen LogP contribution in [-0.2, 0) is 9.59 Å².